The van der Waals surface area contributed by atoms with Crippen molar-refractivity contribution in [2.24, 2.45) is 5.73 Å². The molecule has 0 radical (unpaired) electrons. The summed E-state index contributed by atoms with van der Waals surface area (Å²) in [4.78, 5) is 12.5. The standard InChI is InChI=1S/C8H18N2O2/c1-3-10(7-8(9)11)5-6-12-4-2/h3-7H2,1-2H3,(H2,9,11). The highest BCUT2D eigenvalue weighted by molar-refractivity contribution is 5.75. The Balaban J connectivity index is 3.46. The van der Waals surface area contributed by atoms with Gasteiger partial charge in [-0.05, 0) is 13.5 Å². The summed E-state index contributed by atoms with van der Waals surface area (Å²) in [6.45, 7) is 7.25. The summed E-state index contributed by atoms with van der Waals surface area (Å²) in [6, 6.07) is 0. The second kappa shape index (κ2) is 7.06. The zero-order valence-corrected chi connectivity index (χ0v) is 7.88. The molecule has 0 bridgehead atoms. The molecule has 4 heteroatoms. The third-order valence-corrected chi connectivity index (χ3v) is 1.58. The summed E-state index contributed by atoms with van der Waals surface area (Å²) in [7, 11) is 0. The van der Waals surface area contributed by atoms with Crippen molar-refractivity contribution in [2.45, 2.75) is 13.8 Å². The molecule has 0 aromatic carbocycles. The molecule has 0 atom stereocenters. The molecule has 0 aliphatic heterocycles. The van der Waals surface area contributed by atoms with Crippen molar-refractivity contribution in [3.8, 4) is 0 Å². The fraction of sp³-hybridized carbons (Fsp3) is 0.875. The fourth-order valence-electron chi connectivity index (χ4n) is 0.907. The molecule has 1 amide bonds. The highest BCUT2D eigenvalue weighted by atomic mass is 16.5. The molecule has 0 spiro atoms. The Hall–Kier alpha value is -0.610. The van der Waals surface area contributed by atoms with Crippen molar-refractivity contribution in [3.05, 3.63) is 0 Å². The number of nitrogens with two attached hydrogens (primary N) is 1. The number of primary amides is 1. The lowest BCUT2D eigenvalue weighted by Crippen LogP contribution is -2.35. The minimum absolute atomic E-state index is 0.284. The average Bonchev–Trinajstić information content (AvgIpc) is 2.02. The zero-order chi connectivity index (χ0) is 9.40. The van der Waals surface area contributed by atoms with Gasteiger partial charge < -0.3 is 10.5 Å². The monoisotopic (exact) mass is 174 g/mol. The number of carbonyl (C=O) groups excluding carboxylic acids is 1. The van der Waals surface area contributed by atoms with Crippen LogP contribution in [-0.4, -0.2) is 43.7 Å². The predicted octanol–water partition coefficient (Wildman–Crippen LogP) is -0.170. The van der Waals surface area contributed by atoms with E-state index in [9.17, 15) is 4.79 Å². The Morgan fingerprint density at radius 3 is 2.58 bits per heavy atom. The van der Waals surface area contributed by atoms with Crippen molar-refractivity contribution in [3.63, 3.8) is 0 Å². The second-order valence-electron chi connectivity index (χ2n) is 2.53. The molecule has 0 rings (SSSR count). The average molecular weight is 174 g/mol. The van der Waals surface area contributed by atoms with E-state index in [2.05, 4.69) is 0 Å². The molecular formula is C8H18N2O2. The first kappa shape index (κ1) is 11.4. The van der Waals surface area contributed by atoms with Crippen LogP contribution in [0.1, 0.15) is 13.8 Å². The van der Waals surface area contributed by atoms with Crippen LogP contribution in [0, 0.1) is 0 Å². The van der Waals surface area contributed by atoms with E-state index in [0.29, 0.717) is 19.8 Å². The number of amides is 1. The van der Waals surface area contributed by atoms with Crippen LogP contribution >= 0.6 is 0 Å². The van der Waals surface area contributed by atoms with Crippen molar-refractivity contribution >= 4 is 5.91 Å². The lowest BCUT2D eigenvalue weighted by atomic mass is 10.4. The normalized spacial score (nSPS) is 10.6. The summed E-state index contributed by atoms with van der Waals surface area (Å²) in [5, 5.41) is 0. The molecule has 0 fully saturated rings. The van der Waals surface area contributed by atoms with Gasteiger partial charge >= 0.3 is 0 Å². The van der Waals surface area contributed by atoms with Gasteiger partial charge in [0.1, 0.15) is 0 Å². The molecule has 4 nitrogen and oxygen atoms in total. The molecule has 0 aromatic heterocycles. The summed E-state index contributed by atoms with van der Waals surface area (Å²) in [5.74, 6) is -0.284. The number of carbonyl (C=O) groups is 1. The number of nitrogens with zero attached hydrogens (tertiary/aromatic N) is 1. The van der Waals surface area contributed by atoms with Gasteiger partial charge in [-0.15, -0.1) is 0 Å². The zero-order valence-electron chi connectivity index (χ0n) is 7.88. The van der Waals surface area contributed by atoms with Gasteiger partial charge in [0.05, 0.1) is 13.2 Å². The quantitative estimate of drug-likeness (QED) is 0.545. The molecule has 0 heterocycles. The van der Waals surface area contributed by atoms with Crippen molar-refractivity contribution in [1.29, 1.82) is 0 Å². The fourth-order valence-corrected chi connectivity index (χ4v) is 0.907. The van der Waals surface area contributed by atoms with Crippen LogP contribution < -0.4 is 5.73 Å². The van der Waals surface area contributed by atoms with E-state index >= 15 is 0 Å². The van der Waals surface area contributed by atoms with E-state index in [1.54, 1.807) is 0 Å². The predicted molar refractivity (Wildman–Crippen MR) is 47.8 cm³/mol. The van der Waals surface area contributed by atoms with Gasteiger partial charge in [-0.2, -0.15) is 0 Å². The van der Waals surface area contributed by atoms with E-state index in [-0.39, 0.29) is 5.91 Å². The first-order valence-corrected chi connectivity index (χ1v) is 4.29. The molecule has 0 aliphatic carbocycles. The van der Waals surface area contributed by atoms with Crippen molar-refractivity contribution < 1.29 is 9.53 Å². The van der Waals surface area contributed by atoms with E-state index < -0.39 is 0 Å². The Kier molecular flexibility index (Phi) is 6.70. The van der Waals surface area contributed by atoms with Gasteiger partial charge in [-0.1, -0.05) is 6.92 Å². The van der Waals surface area contributed by atoms with Crippen LogP contribution in [0.3, 0.4) is 0 Å². The van der Waals surface area contributed by atoms with Crippen molar-refractivity contribution in [2.75, 3.05) is 32.8 Å². The Morgan fingerprint density at radius 2 is 2.17 bits per heavy atom. The van der Waals surface area contributed by atoms with E-state index in [4.69, 9.17) is 10.5 Å². The van der Waals surface area contributed by atoms with Crippen molar-refractivity contribution in [1.82, 2.24) is 4.90 Å². The molecule has 0 saturated heterocycles. The first-order chi connectivity index (χ1) is 5.70. The number of hydrogen-bond acceptors (Lipinski definition) is 3. The maximum atomic E-state index is 10.5. The highest BCUT2D eigenvalue weighted by Crippen LogP contribution is 1.86. The molecule has 0 saturated carbocycles. The molecule has 72 valence electrons. The summed E-state index contributed by atoms with van der Waals surface area (Å²) in [6.07, 6.45) is 0. The lowest BCUT2D eigenvalue weighted by Gasteiger charge is -2.17. The van der Waals surface area contributed by atoms with E-state index in [1.165, 1.54) is 0 Å². The number of rotatable bonds is 7. The first-order valence-electron chi connectivity index (χ1n) is 4.29. The van der Waals surface area contributed by atoms with Crippen LogP contribution in [0.15, 0.2) is 0 Å². The van der Waals surface area contributed by atoms with Gasteiger partial charge in [0.2, 0.25) is 5.91 Å². The molecule has 2 N–H and O–H groups in total. The van der Waals surface area contributed by atoms with Crippen LogP contribution in [0.2, 0.25) is 0 Å². The van der Waals surface area contributed by atoms with Crippen LogP contribution in [0.4, 0.5) is 0 Å². The van der Waals surface area contributed by atoms with E-state index in [1.807, 2.05) is 18.7 Å². The Labute approximate surface area is 73.7 Å². The highest BCUT2D eigenvalue weighted by Gasteiger charge is 2.04. The maximum absolute atomic E-state index is 10.5. The molecule has 0 aliphatic rings. The largest absolute Gasteiger partial charge is 0.380 e. The number of ether oxygens (including phenoxy) is 1. The topological polar surface area (TPSA) is 55.6 Å². The maximum Gasteiger partial charge on any atom is 0.231 e. The Morgan fingerprint density at radius 1 is 1.50 bits per heavy atom. The smallest absolute Gasteiger partial charge is 0.231 e. The van der Waals surface area contributed by atoms with Crippen LogP contribution in [0.5, 0.6) is 0 Å². The third kappa shape index (κ3) is 6.12. The van der Waals surface area contributed by atoms with Crippen LogP contribution in [-0.2, 0) is 9.53 Å². The minimum Gasteiger partial charge on any atom is -0.380 e. The van der Waals surface area contributed by atoms with E-state index in [0.717, 1.165) is 13.1 Å². The van der Waals surface area contributed by atoms with Gasteiger partial charge in [0.25, 0.3) is 0 Å². The molecular weight excluding hydrogens is 156 g/mol. The molecule has 12 heavy (non-hydrogen) atoms. The van der Waals surface area contributed by atoms with Gasteiger partial charge in [0.15, 0.2) is 0 Å². The SMILES string of the molecule is CCOCCN(CC)CC(N)=O. The second-order valence-corrected chi connectivity index (χ2v) is 2.53. The summed E-state index contributed by atoms with van der Waals surface area (Å²) < 4.78 is 5.15. The number of likely N-dealkylation sites (N-methyl/N-ethyl adjacent to an activating group) is 1. The molecule has 0 aromatic rings. The minimum atomic E-state index is -0.284. The van der Waals surface area contributed by atoms with Gasteiger partial charge in [-0.25, -0.2) is 0 Å². The third-order valence-electron chi connectivity index (χ3n) is 1.58. The molecule has 0 unspecified atom stereocenters. The van der Waals surface area contributed by atoms with Gasteiger partial charge in [-0.3, -0.25) is 9.69 Å². The van der Waals surface area contributed by atoms with Crippen LogP contribution in [0.25, 0.3) is 0 Å². The summed E-state index contributed by atoms with van der Waals surface area (Å²) in [5.41, 5.74) is 5.05. The van der Waals surface area contributed by atoms with Gasteiger partial charge in [0, 0.05) is 13.2 Å². The lowest BCUT2D eigenvalue weighted by molar-refractivity contribution is -0.119. The number of hydrogen-bond donors (Lipinski definition) is 1. The summed E-state index contributed by atoms with van der Waals surface area (Å²) >= 11 is 0. The Bertz CT molecular complexity index is 128.